The molecule has 0 aromatic heterocycles. The number of aliphatic hydroxyl groups is 1. The van der Waals surface area contributed by atoms with Gasteiger partial charge in [-0.15, -0.1) is 0 Å². The Kier molecular flexibility index (Phi) is 4.48. The Hall–Kier alpha value is -1.10. The van der Waals surface area contributed by atoms with Crippen LogP contribution in [0.2, 0.25) is 0 Å². The molecule has 4 heteroatoms. The number of likely N-dealkylation sites (tertiary alicyclic amines) is 1. The highest BCUT2D eigenvalue weighted by molar-refractivity contribution is 5.37. The zero-order valence-corrected chi connectivity index (χ0v) is 12.9. The van der Waals surface area contributed by atoms with Crippen molar-refractivity contribution in [1.29, 1.82) is 0 Å². The predicted molar refractivity (Wildman–Crippen MR) is 81.2 cm³/mol. The van der Waals surface area contributed by atoms with Gasteiger partial charge >= 0.3 is 0 Å². The molecule has 0 bridgehead atoms. The molecule has 21 heavy (non-hydrogen) atoms. The zero-order chi connectivity index (χ0) is 14.8. The molecule has 0 radical (unpaired) electrons. The Bertz CT molecular complexity index is 491. The summed E-state index contributed by atoms with van der Waals surface area (Å²) >= 11 is 0. The summed E-state index contributed by atoms with van der Waals surface area (Å²) in [5, 5.41) is 9.65. The minimum Gasteiger partial charge on any atom is -0.489 e. The average Bonchev–Trinajstić information content (AvgIpc) is 2.88. The number of hydrogen-bond acceptors (Lipinski definition) is 4. The number of ether oxygens (including phenoxy) is 2. The molecule has 0 spiro atoms. The molecule has 3 atom stereocenters. The monoisotopic (exact) mass is 291 g/mol. The average molecular weight is 291 g/mol. The molecule has 3 rings (SSSR count). The molecule has 1 saturated heterocycles. The van der Waals surface area contributed by atoms with Gasteiger partial charge in [0.25, 0.3) is 0 Å². The lowest BCUT2D eigenvalue weighted by Gasteiger charge is -2.38. The fraction of sp³-hybridized carbons (Fsp3) is 0.647. The second-order valence-electron chi connectivity index (χ2n) is 6.04. The van der Waals surface area contributed by atoms with E-state index >= 15 is 0 Å². The third-order valence-electron chi connectivity index (χ3n) is 4.71. The maximum atomic E-state index is 9.65. The maximum Gasteiger partial charge on any atom is 0.181 e. The summed E-state index contributed by atoms with van der Waals surface area (Å²) in [4.78, 5) is 2.52. The summed E-state index contributed by atoms with van der Waals surface area (Å²) in [7, 11) is 0. The topological polar surface area (TPSA) is 41.9 Å². The lowest BCUT2D eigenvalue weighted by Crippen LogP contribution is -2.47. The van der Waals surface area contributed by atoms with Gasteiger partial charge in [-0.2, -0.15) is 0 Å². The van der Waals surface area contributed by atoms with Crippen LogP contribution in [0, 0.1) is 0 Å². The van der Waals surface area contributed by atoms with Crippen LogP contribution >= 0.6 is 0 Å². The molecule has 1 N–H and O–H groups in total. The first-order valence-corrected chi connectivity index (χ1v) is 8.02. The van der Waals surface area contributed by atoms with Crippen LogP contribution in [-0.4, -0.2) is 35.2 Å². The number of benzene rings is 1. The van der Waals surface area contributed by atoms with Gasteiger partial charge in [-0.3, -0.25) is 4.90 Å². The van der Waals surface area contributed by atoms with Gasteiger partial charge in [0.2, 0.25) is 0 Å². The Labute approximate surface area is 126 Å². The molecule has 0 saturated carbocycles. The van der Waals surface area contributed by atoms with Gasteiger partial charge in [-0.25, -0.2) is 0 Å². The molecular formula is C17H25NO3. The maximum absolute atomic E-state index is 9.65. The van der Waals surface area contributed by atoms with E-state index < -0.39 is 6.29 Å². The highest BCUT2D eigenvalue weighted by Crippen LogP contribution is 2.32. The first-order chi connectivity index (χ1) is 10.2. The van der Waals surface area contributed by atoms with E-state index in [0.717, 1.165) is 23.4 Å². The van der Waals surface area contributed by atoms with E-state index in [2.05, 4.69) is 18.7 Å². The number of likely N-dealkylation sites (N-methyl/N-ethyl adjacent to an activating group) is 1. The molecule has 3 unspecified atom stereocenters. The highest BCUT2D eigenvalue weighted by atomic mass is 16.6. The third kappa shape index (κ3) is 3.07. The van der Waals surface area contributed by atoms with Gasteiger partial charge in [0.05, 0.1) is 6.61 Å². The molecular weight excluding hydrogens is 266 g/mol. The van der Waals surface area contributed by atoms with Gasteiger partial charge in [0, 0.05) is 11.6 Å². The number of nitrogens with zero attached hydrogens (tertiary/aromatic N) is 1. The van der Waals surface area contributed by atoms with Crippen molar-refractivity contribution < 1.29 is 14.6 Å². The quantitative estimate of drug-likeness (QED) is 0.926. The number of piperidine rings is 1. The molecule has 1 fully saturated rings. The van der Waals surface area contributed by atoms with Crippen LogP contribution in [0.3, 0.4) is 0 Å². The van der Waals surface area contributed by atoms with Crippen molar-refractivity contribution in [3.8, 4) is 5.75 Å². The summed E-state index contributed by atoms with van der Waals surface area (Å²) in [6.45, 7) is 7.12. The van der Waals surface area contributed by atoms with Crippen LogP contribution < -0.4 is 4.74 Å². The SMILES string of the molecule is CCN1CCCCC1C(C)Oc1ccc2c(c1)COC2O. The fourth-order valence-corrected chi connectivity index (χ4v) is 3.51. The van der Waals surface area contributed by atoms with Crippen molar-refractivity contribution in [3.05, 3.63) is 29.3 Å². The van der Waals surface area contributed by atoms with Crippen LogP contribution in [0.1, 0.15) is 50.5 Å². The van der Waals surface area contributed by atoms with Gasteiger partial charge in [-0.05, 0) is 56.6 Å². The molecule has 0 amide bonds. The lowest BCUT2D eigenvalue weighted by molar-refractivity contribution is -0.0918. The van der Waals surface area contributed by atoms with Crippen molar-refractivity contribution in [2.75, 3.05) is 13.1 Å². The first-order valence-electron chi connectivity index (χ1n) is 8.02. The van der Waals surface area contributed by atoms with Crippen LogP contribution in [0.15, 0.2) is 18.2 Å². The van der Waals surface area contributed by atoms with E-state index in [4.69, 9.17) is 9.47 Å². The Balaban J connectivity index is 1.68. The Morgan fingerprint density at radius 1 is 1.43 bits per heavy atom. The molecule has 4 nitrogen and oxygen atoms in total. The Morgan fingerprint density at radius 3 is 3.10 bits per heavy atom. The molecule has 2 aliphatic rings. The summed E-state index contributed by atoms with van der Waals surface area (Å²) < 4.78 is 11.4. The van der Waals surface area contributed by atoms with E-state index in [1.165, 1.54) is 25.8 Å². The Morgan fingerprint density at radius 2 is 2.29 bits per heavy atom. The van der Waals surface area contributed by atoms with Crippen molar-refractivity contribution in [3.63, 3.8) is 0 Å². The standard InChI is InChI=1S/C17H25NO3/c1-3-18-9-5-4-6-16(18)12(2)21-14-7-8-15-13(10-14)11-20-17(15)19/h7-8,10,12,16-17,19H,3-6,9,11H2,1-2H3. The van der Waals surface area contributed by atoms with Crippen LogP contribution in [0.25, 0.3) is 0 Å². The summed E-state index contributed by atoms with van der Waals surface area (Å²) in [5.41, 5.74) is 1.89. The predicted octanol–water partition coefficient (Wildman–Crippen LogP) is 2.85. The number of fused-ring (bicyclic) bond motifs is 1. The van der Waals surface area contributed by atoms with E-state index in [9.17, 15) is 5.11 Å². The molecule has 2 heterocycles. The minimum atomic E-state index is -0.777. The number of rotatable bonds is 4. The summed E-state index contributed by atoms with van der Waals surface area (Å²) in [6, 6.07) is 6.35. The third-order valence-corrected chi connectivity index (χ3v) is 4.71. The summed E-state index contributed by atoms with van der Waals surface area (Å²) in [5.74, 6) is 0.876. The van der Waals surface area contributed by atoms with E-state index in [1.54, 1.807) is 0 Å². The van der Waals surface area contributed by atoms with E-state index in [0.29, 0.717) is 12.6 Å². The largest absolute Gasteiger partial charge is 0.489 e. The van der Waals surface area contributed by atoms with Crippen molar-refractivity contribution >= 4 is 0 Å². The normalized spacial score (nSPS) is 27.4. The second kappa shape index (κ2) is 6.34. The zero-order valence-electron chi connectivity index (χ0n) is 12.9. The number of aliphatic hydroxyl groups excluding tert-OH is 1. The minimum absolute atomic E-state index is 0.176. The lowest BCUT2D eigenvalue weighted by atomic mass is 9.98. The van der Waals surface area contributed by atoms with E-state index in [-0.39, 0.29) is 6.10 Å². The smallest absolute Gasteiger partial charge is 0.181 e. The van der Waals surface area contributed by atoms with Crippen LogP contribution in [-0.2, 0) is 11.3 Å². The molecule has 0 aliphatic carbocycles. The molecule has 2 aliphatic heterocycles. The van der Waals surface area contributed by atoms with Crippen LogP contribution in [0.4, 0.5) is 0 Å². The second-order valence-corrected chi connectivity index (χ2v) is 6.04. The van der Waals surface area contributed by atoms with E-state index in [1.807, 2.05) is 18.2 Å². The van der Waals surface area contributed by atoms with Crippen LogP contribution in [0.5, 0.6) is 5.75 Å². The summed E-state index contributed by atoms with van der Waals surface area (Å²) in [6.07, 6.45) is 3.20. The van der Waals surface area contributed by atoms with Gasteiger partial charge in [-0.1, -0.05) is 13.3 Å². The van der Waals surface area contributed by atoms with Gasteiger partial charge in [0.1, 0.15) is 11.9 Å². The molecule has 1 aromatic carbocycles. The molecule has 116 valence electrons. The molecule has 1 aromatic rings. The number of hydrogen-bond donors (Lipinski definition) is 1. The van der Waals surface area contributed by atoms with Crippen molar-refractivity contribution in [1.82, 2.24) is 4.90 Å². The first kappa shape index (κ1) is 14.8. The van der Waals surface area contributed by atoms with Gasteiger partial charge in [0.15, 0.2) is 6.29 Å². The fourth-order valence-electron chi connectivity index (χ4n) is 3.51. The highest BCUT2D eigenvalue weighted by Gasteiger charge is 2.28. The van der Waals surface area contributed by atoms with Gasteiger partial charge < -0.3 is 14.6 Å². The van der Waals surface area contributed by atoms with Crippen molar-refractivity contribution in [2.24, 2.45) is 0 Å². The van der Waals surface area contributed by atoms with Crippen molar-refractivity contribution in [2.45, 2.75) is 58.2 Å².